The molecular formula is C12H15NS. The second-order valence-corrected chi connectivity index (χ2v) is 3.97. The smallest absolute Gasteiger partial charge is 0.0481 e. The van der Waals surface area contributed by atoms with Gasteiger partial charge in [-0.05, 0) is 19.1 Å². The highest BCUT2D eigenvalue weighted by Crippen LogP contribution is 2.31. The van der Waals surface area contributed by atoms with E-state index in [0.29, 0.717) is 0 Å². The van der Waals surface area contributed by atoms with Gasteiger partial charge in [0, 0.05) is 22.0 Å². The first-order valence-corrected chi connectivity index (χ1v) is 5.41. The average molecular weight is 205 g/mol. The quantitative estimate of drug-likeness (QED) is 0.578. The molecule has 74 valence electrons. The van der Waals surface area contributed by atoms with Crippen LogP contribution in [0.15, 0.2) is 53.3 Å². The number of benzene rings is 1. The third kappa shape index (κ3) is 2.96. The fourth-order valence-electron chi connectivity index (χ4n) is 1.08. The van der Waals surface area contributed by atoms with Gasteiger partial charge in [-0.15, -0.1) is 0 Å². The monoisotopic (exact) mass is 205 g/mol. The van der Waals surface area contributed by atoms with Crippen molar-refractivity contribution >= 4 is 17.4 Å². The molecule has 1 rings (SSSR count). The fraction of sp³-hybridized carbons (Fsp3) is 0.167. The van der Waals surface area contributed by atoms with Crippen LogP contribution >= 0.6 is 11.8 Å². The summed E-state index contributed by atoms with van der Waals surface area (Å²) >= 11 is 1.64. The number of hydrogen-bond donors (Lipinski definition) is 1. The van der Waals surface area contributed by atoms with Crippen molar-refractivity contribution in [2.45, 2.75) is 11.8 Å². The third-order valence-corrected chi connectivity index (χ3v) is 2.73. The summed E-state index contributed by atoms with van der Waals surface area (Å²) in [5, 5.41) is 3.31. The van der Waals surface area contributed by atoms with Gasteiger partial charge in [-0.3, -0.25) is 0 Å². The van der Waals surface area contributed by atoms with Crippen LogP contribution in [-0.2, 0) is 0 Å². The molecule has 0 radical (unpaired) electrons. The lowest BCUT2D eigenvalue weighted by Gasteiger charge is -2.09. The van der Waals surface area contributed by atoms with Gasteiger partial charge in [0.25, 0.3) is 0 Å². The Bertz CT molecular complexity index is 331. The lowest BCUT2D eigenvalue weighted by molar-refractivity contribution is 1.19. The van der Waals surface area contributed by atoms with Gasteiger partial charge in [-0.1, -0.05) is 43.1 Å². The van der Waals surface area contributed by atoms with Crippen molar-refractivity contribution in [3.8, 4) is 0 Å². The molecule has 1 aromatic rings. The van der Waals surface area contributed by atoms with Crippen LogP contribution in [0.3, 0.4) is 0 Å². The number of thioether (sulfide) groups is 1. The summed E-state index contributed by atoms with van der Waals surface area (Å²) in [4.78, 5) is 2.16. The van der Waals surface area contributed by atoms with Crippen LogP contribution in [0.4, 0.5) is 5.69 Å². The minimum atomic E-state index is 0.929. The van der Waals surface area contributed by atoms with E-state index in [1.54, 1.807) is 17.8 Å². The lowest BCUT2D eigenvalue weighted by Crippen LogP contribution is -1.97. The van der Waals surface area contributed by atoms with E-state index >= 15 is 0 Å². The van der Waals surface area contributed by atoms with Gasteiger partial charge < -0.3 is 5.32 Å². The summed E-state index contributed by atoms with van der Waals surface area (Å²) in [6, 6.07) is 8.21. The maximum Gasteiger partial charge on any atom is 0.0481 e. The van der Waals surface area contributed by atoms with Crippen molar-refractivity contribution in [1.82, 2.24) is 0 Å². The molecule has 0 saturated carbocycles. The topological polar surface area (TPSA) is 12.0 Å². The molecule has 1 N–H and O–H groups in total. The maximum atomic E-state index is 3.89. The Kier molecular flexibility index (Phi) is 4.33. The minimum Gasteiger partial charge on any atom is -0.384 e. The lowest BCUT2D eigenvalue weighted by atomic mass is 10.3. The second kappa shape index (κ2) is 5.55. The van der Waals surface area contributed by atoms with E-state index < -0.39 is 0 Å². The number of rotatable bonds is 5. The van der Waals surface area contributed by atoms with E-state index in [-0.39, 0.29) is 0 Å². The number of hydrogen-bond acceptors (Lipinski definition) is 2. The summed E-state index contributed by atoms with van der Waals surface area (Å²) < 4.78 is 0. The van der Waals surface area contributed by atoms with Crippen LogP contribution in [0.5, 0.6) is 0 Å². The first-order chi connectivity index (χ1) is 6.77. The van der Waals surface area contributed by atoms with E-state index in [1.807, 2.05) is 12.1 Å². The molecule has 0 amide bonds. The zero-order valence-corrected chi connectivity index (χ0v) is 9.23. The van der Waals surface area contributed by atoms with E-state index in [4.69, 9.17) is 0 Å². The Labute approximate surface area is 89.9 Å². The molecule has 0 spiro atoms. The Morgan fingerprint density at radius 2 is 2.21 bits per heavy atom. The number of allylic oxidation sites excluding steroid dienone is 1. The van der Waals surface area contributed by atoms with Crippen molar-refractivity contribution in [2.75, 3.05) is 11.9 Å². The normalized spacial score (nSPS) is 9.50. The highest BCUT2D eigenvalue weighted by atomic mass is 32.2. The van der Waals surface area contributed by atoms with Crippen LogP contribution in [0, 0.1) is 0 Å². The van der Waals surface area contributed by atoms with Gasteiger partial charge in [0.1, 0.15) is 0 Å². The molecule has 1 aromatic carbocycles. The molecule has 14 heavy (non-hydrogen) atoms. The van der Waals surface area contributed by atoms with Crippen LogP contribution in [0.1, 0.15) is 6.92 Å². The maximum absolute atomic E-state index is 3.89. The number of anilines is 1. The standard InChI is InChI=1S/C12H15NS/c1-4-10(3)14-12-9-7-6-8-11(12)13-5-2/h4,6-9,13H,1,3,5H2,2H3. The summed E-state index contributed by atoms with van der Waals surface area (Å²) in [6.45, 7) is 10.6. The molecule has 1 nitrogen and oxygen atoms in total. The van der Waals surface area contributed by atoms with Gasteiger partial charge in [0.2, 0.25) is 0 Å². The largest absolute Gasteiger partial charge is 0.384 e. The summed E-state index contributed by atoms with van der Waals surface area (Å²) in [6.07, 6.45) is 1.77. The molecule has 0 unspecified atom stereocenters. The Morgan fingerprint density at radius 1 is 1.50 bits per heavy atom. The SMILES string of the molecule is C=CC(=C)Sc1ccccc1NCC. The molecule has 0 aromatic heterocycles. The van der Waals surface area contributed by atoms with E-state index in [1.165, 1.54) is 4.90 Å². The Hall–Kier alpha value is -1.15. The third-order valence-electron chi connectivity index (χ3n) is 1.72. The van der Waals surface area contributed by atoms with Gasteiger partial charge in [0.05, 0.1) is 0 Å². The van der Waals surface area contributed by atoms with Gasteiger partial charge in [-0.25, -0.2) is 0 Å². The fourth-order valence-corrected chi connectivity index (χ4v) is 1.84. The van der Waals surface area contributed by atoms with Crippen molar-refractivity contribution in [1.29, 1.82) is 0 Å². The van der Waals surface area contributed by atoms with Crippen LogP contribution in [0.25, 0.3) is 0 Å². The van der Waals surface area contributed by atoms with E-state index in [9.17, 15) is 0 Å². The first-order valence-electron chi connectivity index (χ1n) is 4.60. The highest BCUT2D eigenvalue weighted by Gasteiger charge is 2.01. The van der Waals surface area contributed by atoms with Gasteiger partial charge in [0.15, 0.2) is 0 Å². The molecule has 0 fully saturated rings. The van der Waals surface area contributed by atoms with Gasteiger partial charge in [-0.2, -0.15) is 0 Å². The van der Waals surface area contributed by atoms with Gasteiger partial charge >= 0.3 is 0 Å². The highest BCUT2D eigenvalue weighted by molar-refractivity contribution is 8.03. The number of para-hydroxylation sites is 1. The summed E-state index contributed by atoms with van der Waals surface area (Å²) in [5.41, 5.74) is 1.16. The minimum absolute atomic E-state index is 0.929. The number of nitrogens with one attached hydrogen (secondary N) is 1. The molecule has 0 saturated heterocycles. The second-order valence-electron chi connectivity index (χ2n) is 2.80. The summed E-state index contributed by atoms with van der Waals surface area (Å²) in [7, 11) is 0. The molecule has 0 aliphatic heterocycles. The molecule has 0 aliphatic rings. The average Bonchev–Trinajstić information content (AvgIpc) is 2.21. The van der Waals surface area contributed by atoms with Crippen molar-refractivity contribution in [2.24, 2.45) is 0 Å². The molecule has 2 heteroatoms. The molecule has 0 atom stereocenters. The van der Waals surface area contributed by atoms with Crippen LogP contribution in [0.2, 0.25) is 0 Å². The summed E-state index contributed by atoms with van der Waals surface area (Å²) in [5.74, 6) is 0. The van der Waals surface area contributed by atoms with Crippen molar-refractivity contribution in [3.05, 3.63) is 48.4 Å². The molecule has 0 heterocycles. The molecule has 0 aliphatic carbocycles. The van der Waals surface area contributed by atoms with Crippen molar-refractivity contribution < 1.29 is 0 Å². The molecular weight excluding hydrogens is 190 g/mol. The van der Waals surface area contributed by atoms with Crippen LogP contribution in [-0.4, -0.2) is 6.54 Å². The van der Waals surface area contributed by atoms with Crippen molar-refractivity contribution in [3.63, 3.8) is 0 Å². The first kappa shape index (κ1) is 10.9. The zero-order chi connectivity index (χ0) is 10.4. The van der Waals surface area contributed by atoms with E-state index in [0.717, 1.165) is 17.1 Å². The molecule has 0 bridgehead atoms. The van der Waals surface area contributed by atoms with Crippen LogP contribution < -0.4 is 5.32 Å². The Morgan fingerprint density at radius 3 is 2.86 bits per heavy atom. The predicted molar refractivity (Wildman–Crippen MR) is 65.8 cm³/mol. The Balaban J connectivity index is 2.83. The van der Waals surface area contributed by atoms with E-state index in [2.05, 4.69) is 37.5 Å². The predicted octanol–water partition coefficient (Wildman–Crippen LogP) is 3.91. The zero-order valence-electron chi connectivity index (χ0n) is 8.42.